The van der Waals surface area contributed by atoms with Crippen molar-refractivity contribution in [3.8, 4) is 16.8 Å². The highest BCUT2D eigenvalue weighted by molar-refractivity contribution is 5.93. The van der Waals surface area contributed by atoms with Crippen molar-refractivity contribution in [2.45, 2.75) is 37.8 Å². The Morgan fingerprint density at radius 2 is 1.84 bits per heavy atom. The normalized spacial score (nSPS) is 17.3. The average Bonchev–Trinajstić information content (AvgIpc) is 3.51. The molecule has 4 heterocycles. The Labute approximate surface area is 217 Å². The van der Waals surface area contributed by atoms with Gasteiger partial charge in [0.15, 0.2) is 11.2 Å². The molecule has 1 saturated carbocycles. The van der Waals surface area contributed by atoms with Crippen molar-refractivity contribution in [1.29, 1.82) is 0 Å². The van der Waals surface area contributed by atoms with Crippen molar-refractivity contribution >= 4 is 27.9 Å². The summed E-state index contributed by atoms with van der Waals surface area (Å²) >= 11 is 0. The van der Waals surface area contributed by atoms with Gasteiger partial charge in [-0.15, -0.1) is 0 Å². The van der Waals surface area contributed by atoms with Gasteiger partial charge in [-0.25, -0.2) is 9.67 Å². The van der Waals surface area contributed by atoms with Crippen LogP contribution in [0.4, 0.5) is 0 Å². The zero-order valence-electron chi connectivity index (χ0n) is 20.7. The Balaban J connectivity index is 1.12. The molecule has 0 unspecified atom stereocenters. The summed E-state index contributed by atoms with van der Waals surface area (Å²) in [5.74, 6) is 0.370. The third-order valence-corrected chi connectivity index (χ3v) is 7.77. The number of hydrogen-bond acceptors (Lipinski definition) is 7. The fraction of sp³-hybridized carbons (Fsp3) is 0.321. The molecule has 3 aromatic heterocycles. The number of hydrogen-bond donors (Lipinski definition) is 1. The number of aromatic nitrogens is 5. The minimum absolute atomic E-state index is 0.133. The Kier molecular flexibility index (Phi) is 5.19. The van der Waals surface area contributed by atoms with E-state index in [1.165, 1.54) is 17.1 Å². The summed E-state index contributed by atoms with van der Waals surface area (Å²) in [6.07, 6.45) is 7.52. The summed E-state index contributed by atoms with van der Waals surface area (Å²) < 4.78 is 8.37. The van der Waals surface area contributed by atoms with Gasteiger partial charge in [0.25, 0.3) is 5.56 Å². The molecule has 1 saturated heterocycles. The van der Waals surface area contributed by atoms with E-state index in [4.69, 9.17) is 4.52 Å². The highest BCUT2D eigenvalue weighted by atomic mass is 16.5. The van der Waals surface area contributed by atoms with Gasteiger partial charge in [0.1, 0.15) is 11.7 Å². The average molecular weight is 511 g/mol. The lowest BCUT2D eigenvalue weighted by atomic mass is 9.91. The van der Waals surface area contributed by atoms with Crippen LogP contribution in [-0.2, 0) is 11.3 Å². The van der Waals surface area contributed by atoms with Crippen molar-refractivity contribution in [1.82, 2.24) is 29.4 Å². The SMILES string of the molecule is O=C(C1CC1)N1CCC(O)(Cn2cnc3c(cnn3-c3ccc(-c4cccc5oncc45)cc3)c2=O)CC1. The van der Waals surface area contributed by atoms with E-state index >= 15 is 0 Å². The van der Waals surface area contributed by atoms with Gasteiger partial charge >= 0.3 is 0 Å². The summed E-state index contributed by atoms with van der Waals surface area (Å²) in [4.78, 5) is 32.0. The number of benzene rings is 2. The van der Waals surface area contributed by atoms with Gasteiger partial charge in [-0.05, 0) is 55.0 Å². The maximum atomic E-state index is 13.3. The molecular weight excluding hydrogens is 484 g/mol. The molecule has 5 aromatic rings. The number of carbonyl (C=O) groups is 1. The molecule has 1 aliphatic carbocycles. The van der Waals surface area contributed by atoms with E-state index in [9.17, 15) is 14.7 Å². The lowest BCUT2D eigenvalue weighted by molar-refractivity contribution is -0.137. The third kappa shape index (κ3) is 3.88. The van der Waals surface area contributed by atoms with Crippen molar-refractivity contribution < 1.29 is 14.4 Å². The summed E-state index contributed by atoms with van der Waals surface area (Å²) in [7, 11) is 0. The van der Waals surface area contributed by atoms with Gasteiger partial charge in [0, 0.05) is 24.4 Å². The first-order valence-electron chi connectivity index (χ1n) is 12.9. The molecular formula is C28H26N6O4. The van der Waals surface area contributed by atoms with Crippen LogP contribution in [0.5, 0.6) is 0 Å². The monoisotopic (exact) mass is 510 g/mol. The summed E-state index contributed by atoms with van der Waals surface area (Å²) in [6, 6.07) is 13.7. The van der Waals surface area contributed by atoms with Gasteiger partial charge < -0.3 is 14.5 Å². The standard InChI is InChI=1S/C28H26N6O4/c35-26(19-4-5-19)32-12-10-28(37,11-13-32)16-33-17-29-25-23(27(33)36)14-30-34(25)20-8-6-18(7-9-20)21-2-1-3-24-22(21)15-31-38-24/h1-3,6-9,14-15,17,19,37H,4-5,10-13,16H2. The topological polar surface area (TPSA) is 119 Å². The number of rotatable bonds is 5. The lowest BCUT2D eigenvalue weighted by Crippen LogP contribution is -2.50. The van der Waals surface area contributed by atoms with Gasteiger partial charge in [-0.2, -0.15) is 5.10 Å². The maximum Gasteiger partial charge on any atom is 0.264 e. The molecule has 1 aliphatic heterocycles. The van der Waals surface area contributed by atoms with Crippen molar-refractivity contribution in [3.63, 3.8) is 0 Å². The van der Waals surface area contributed by atoms with E-state index in [0.717, 1.165) is 40.6 Å². The molecule has 38 heavy (non-hydrogen) atoms. The first-order valence-corrected chi connectivity index (χ1v) is 12.9. The van der Waals surface area contributed by atoms with Crippen LogP contribution in [0.3, 0.4) is 0 Å². The fourth-order valence-corrected chi connectivity index (χ4v) is 5.38. The summed E-state index contributed by atoms with van der Waals surface area (Å²) in [5.41, 5.74) is 2.68. The minimum Gasteiger partial charge on any atom is -0.388 e. The molecule has 192 valence electrons. The Morgan fingerprint density at radius 1 is 1.05 bits per heavy atom. The Morgan fingerprint density at radius 3 is 2.61 bits per heavy atom. The molecule has 2 aromatic carbocycles. The smallest absolute Gasteiger partial charge is 0.264 e. The second-order valence-corrected chi connectivity index (χ2v) is 10.4. The second kappa shape index (κ2) is 8.63. The zero-order valence-corrected chi connectivity index (χ0v) is 20.7. The van der Waals surface area contributed by atoms with Gasteiger partial charge in [-0.3, -0.25) is 14.2 Å². The van der Waals surface area contributed by atoms with Crippen LogP contribution < -0.4 is 5.56 Å². The van der Waals surface area contributed by atoms with Crippen LogP contribution in [-0.4, -0.2) is 59.1 Å². The molecule has 2 fully saturated rings. The number of aliphatic hydroxyl groups is 1. The van der Waals surface area contributed by atoms with E-state index in [1.807, 2.05) is 47.4 Å². The van der Waals surface area contributed by atoms with Crippen LogP contribution in [0.2, 0.25) is 0 Å². The quantitative estimate of drug-likeness (QED) is 0.386. The van der Waals surface area contributed by atoms with E-state index in [-0.39, 0.29) is 23.9 Å². The number of amides is 1. The number of fused-ring (bicyclic) bond motifs is 2. The molecule has 1 amide bonds. The Hall–Kier alpha value is -4.31. The minimum atomic E-state index is -1.06. The number of likely N-dealkylation sites (tertiary alicyclic amines) is 1. The van der Waals surface area contributed by atoms with Crippen molar-refractivity contribution in [2.24, 2.45) is 5.92 Å². The van der Waals surface area contributed by atoms with Gasteiger partial charge in [0.05, 0.1) is 30.2 Å². The number of nitrogens with zero attached hydrogens (tertiary/aromatic N) is 6. The summed E-state index contributed by atoms with van der Waals surface area (Å²) in [5, 5.41) is 20.8. The third-order valence-electron chi connectivity index (χ3n) is 7.77. The second-order valence-electron chi connectivity index (χ2n) is 10.4. The predicted molar refractivity (Wildman–Crippen MR) is 140 cm³/mol. The van der Waals surface area contributed by atoms with Crippen LogP contribution in [0.25, 0.3) is 38.8 Å². The molecule has 10 nitrogen and oxygen atoms in total. The molecule has 0 bridgehead atoms. The van der Waals surface area contributed by atoms with Gasteiger partial charge in [-0.1, -0.05) is 29.4 Å². The maximum absolute atomic E-state index is 13.3. The van der Waals surface area contributed by atoms with Crippen LogP contribution in [0.15, 0.2) is 70.5 Å². The molecule has 1 N–H and O–H groups in total. The van der Waals surface area contributed by atoms with Crippen LogP contribution >= 0.6 is 0 Å². The van der Waals surface area contributed by atoms with Crippen molar-refractivity contribution in [3.05, 3.63) is 71.5 Å². The van der Waals surface area contributed by atoms with E-state index in [0.29, 0.717) is 37.0 Å². The predicted octanol–water partition coefficient (Wildman–Crippen LogP) is 3.15. The highest BCUT2D eigenvalue weighted by Gasteiger charge is 2.39. The van der Waals surface area contributed by atoms with Crippen LogP contribution in [0, 0.1) is 5.92 Å². The van der Waals surface area contributed by atoms with E-state index < -0.39 is 5.60 Å². The lowest BCUT2D eigenvalue weighted by Gasteiger charge is -2.38. The highest BCUT2D eigenvalue weighted by Crippen LogP contribution is 2.33. The largest absolute Gasteiger partial charge is 0.388 e. The molecule has 0 atom stereocenters. The molecule has 7 rings (SSSR count). The van der Waals surface area contributed by atoms with Gasteiger partial charge in [0.2, 0.25) is 5.91 Å². The van der Waals surface area contributed by atoms with E-state index in [2.05, 4.69) is 15.2 Å². The molecule has 10 heteroatoms. The number of piperidine rings is 1. The first kappa shape index (κ1) is 22.9. The van der Waals surface area contributed by atoms with Crippen LogP contribution in [0.1, 0.15) is 25.7 Å². The van der Waals surface area contributed by atoms with E-state index in [1.54, 1.807) is 10.9 Å². The number of carbonyl (C=O) groups excluding carboxylic acids is 1. The molecule has 2 aliphatic rings. The fourth-order valence-electron chi connectivity index (χ4n) is 5.38. The first-order chi connectivity index (χ1) is 18.5. The van der Waals surface area contributed by atoms with Crippen molar-refractivity contribution in [2.75, 3.05) is 13.1 Å². The summed E-state index contributed by atoms with van der Waals surface area (Å²) in [6.45, 7) is 1.15. The zero-order chi connectivity index (χ0) is 25.9. The molecule has 0 radical (unpaired) electrons. The Bertz CT molecular complexity index is 1720. The molecule has 0 spiro atoms.